The van der Waals surface area contributed by atoms with Crippen LogP contribution in [0.4, 0.5) is 0 Å². The Morgan fingerprint density at radius 1 is 1.17 bits per heavy atom. The van der Waals surface area contributed by atoms with Crippen molar-refractivity contribution in [3.63, 3.8) is 0 Å². The lowest BCUT2D eigenvalue weighted by Crippen LogP contribution is -2.44. The minimum Gasteiger partial charge on any atom is -0.480 e. The molecule has 0 unspecified atom stereocenters. The Hall–Kier alpha value is -2.76. The zero-order valence-electron chi connectivity index (χ0n) is 13.3. The summed E-state index contributed by atoms with van der Waals surface area (Å²) in [6.45, 7) is 5.18. The molecule has 1 heterocycles. The molecule has 0 aliphatic rings. The molecule has 0 aliphatic carbocycles. The highest BCUT2D eigenvalue weighted by atomic mass is 16.4. The maximum atomic E-state index is 12.3. The lowest BCUT2D eigenvalue weighted by Gasteiger charge is -2.18. The molecule has 2 N–H and O–H groups in total. The summed E-state index contributed by atoms with van der Waals surface area (Å²) in [5.41, 5.74) is 1.63. The lowest BCUT2D eigenvalue weighted by molar-refractivity contribution is -0.140. The number of hydrogen-bond acceptors (Lipinski definition) is 4. The van der Waals surface area contributed by atoms with Crippen molar-refractivity contribution < 1.29 is 14.7 Å². The van der Waals surface area contributed by atoms with E-state index in [2.05, 4.69) is 15.3 Å². The van der Waals surface area contributed by atoms with Gasteiger partial charge in [0.1, 0.15) is 6.04 Å². The van der Waals surface area contributed by atoms with E-state index in [0.29, 0.717) is 11.5 Å². The third-order valence-corrected chi connectivity index (χ3v) is 3.48. The van der Waals surface area contributed by atoms with Crippen molar-refractivity contribution in [3.8, 4) is 11.4 Å². The molecule has 6 heteroatoms. The molecular formula is C17H19N3O3. The van der Waals surface area contributed by atoms with Crippen molar-refractivity contribution in [2.24, 2.45) is 5.92 Å². The van der Waals surface area contributed by atoms with Crippen molar-refractivity contribution >= 4 is 11.9 Å². The minimum absolute atomic E-state index is 0.221. The van der Waals surface area contributed by atoms with Gasteiger partial charge in [0.25, 0.3) is 5.91 Å². The quantitative estimate of drug-likeness (QED) is 0.883. The molecule has 0 saturated carbocycles. The van der Waals surface area contributed by atoms with Gasteiger partial charge in [-0.3, -0.25) is 4.79 Å². The van der Waals surface area contributed by atoms with Crippen LogP contribution in [0.15, 0.2) is 36.5 Å². The van der Waals surface area contributed by atoms with Gasteiger partial charge in [-0.25, -0.2) is 14.8 Å². The molecule has 0 saturated heterocycles. The number of carboxylic acids is 1. The number of aryl methyl sites for hydroxylation is 1. The first kappa shape index (κ1) is 16.6. The first-order valence-electron chi connectivity index (χ1n) is 7.33. The van der Waals surface area contributed by atoms with Gasteiger partial charge >= 0.3 is 5.97 Å². The Kier molecular flexibility index (Phi) is 5.05. The molecule has 1 atom stereocenters. The maximum absolute atomic E-state index is 12.3. The van der Waals surface area contributed by atoms with Crippen LogP contribution in [-0.4, -0.2) is 33.0 Å². The molecular weight excluding hydrogens is 294 g/mol. The summed E-state index contributed by atoms with van der Waals surface area (Å²) < 4.78 is 0. The van der Waals surface area contributed by atoms with Gasteiger partial charge in [-0.15, -0.1) is 0 Å². The maximum Gasteiger partial charge on any atom is 0.326 e. The van der Waals surface area contributed by atoms with E-state index in [1.54, 1.807) is 20.8 Å². The van der Waals surface area contributed by atoms with Gasteiger partial charge in [-0.05, 0) is 12.8 Å². The summed E-state index contributed by atoms with van der Waals surface area (Å²) in [6, 6.07) is 8.48. The summed E-state index contributed by atoms with van der Waals surface area (Å²) >= 11 is 0. The molecule has 0 radical (unpaired) electrons. The monoisotopic (exact) mass is 313 g/mol. The average Bonchev–Trinajstić information content (AvgIpc) is 2.52. The molecule has 2 rings (SSSR count). The predicted octanol–water partition coefficient (Wildman–Crippen LogP) is 2.29. The molecule has 0 bridgehead atoms. The zero-order valence-corrected chi connectivity index (χ0v) is 13.3. The smallest absolute Gasteiger partial charge is 0.326 e. The molecule has 0 aliphatic heterocycles. The summed E-state index contributed by atoms with van der Waals surface area (Å²) in [6.07, 6.45) is 1.43. The number of rotatable bonds is 5. The number of carbonyl (C=O) groups is 2. The summed E-state index contributed by atoms with van der Waals surface area (Å²) in [5.74, 6) is -1.24. The van der Waals surface area contributed by atoms with Crippen LogP contribution in [0.1, 0.15) is 29.9 Å². The third kappa shape index (κ3) is 3.91. The molecule has 2 aromatic rings. The minimum atomic E-state index is -1.06. The molecule has 1 aromatic carbocycles. The number of aliphatic carboxylic acids is 1. The van der Waals surface area contributed by atoms with E-state index in [4.69, 9.17) is 5.11 Å². The van der Waals surface area contributed by atoms with Crippen molar-refractivity contribution in [3.05, 3.63) is 47.8 Å². The third-order valence-electron chi connectivity index (χ3n) is 3.48. The van der Waals surface area contributed by atoms with Crippen molar-refractivity contribution in [1.82, 2.24) is 15.3 Å². The van der Waals surface area contributed by atoms with Crippen molar-refractivity contribution in [1.29, 1.82) is 0 Å². The van der Waals surface area contributed by atoms with E-state index >= 15 is 0 Å². The SMILES string of the molecule is Cc1nc(-c2ccccc2)ncc1C(=O)N[C@@H](C(=O)O)C(C)C. The molecule has 120 valence electrons. The number of amides is 1. The molecule has 1 aromatic heterocycles. The number of carbonyl (C=O) groups excluding carboxylic acids is 1. The van der Waals surface area contributed by atoms with Crippen LogP contribution < -0.4 is 5.32 Å². The zero-order chi connectivity index (χ0) is 17.0. The summed E-state index contributed by atoms with van der Waals surface area (Å²) in [5, 5.41) is 11.7. The summed E-state index contributed by atoms with van der Waals surface area (Å²) in [7, 11) is 0. The second-order valence-electron chi connectivity index (χ2n) is 5.59. The van der Waals surface area contributed by atoms with Crippen LogP contribution in [0.25, 0.3) is 11.4 Å². The molecule has 1 amide bonds. The van der Waals surface area contributed by atoms with E-state index in [1.807, 2.05) is 30.3 Å². The first-order chi connectivity index (χ1) is 10.9. The number of hydrogen-bond donors (Lipinski definition) is 2. The Balaban J connectivity index is 2.24. The van der Waals surface area contributed by atoms with Gasteiger partial charge in [0.15, 0.2) is 5.82 Å². The van der Waals surface area contributed by atoms with Crippen LogP contribution in [0.3, 0.4) is 0 Å². The van der Waals surface area contributed by atoms with E-state index in [-0.39, 0.29) is 11.5 Å². The highest BCUT2D eigenvalue weighted by Gasteiger charge is 2.25. The predicted molar refractivity (Wildman–Crippen MR) is 85.9 cm³/mol. The van der Waals surface area contributed by atoms with E-state index in [0.717, 1.165) is 5.56 Å². The van der Waals surface area contributed by atoms with Gasteiger partial charge in [0.2, 0.25) is 0 Å². The Morgan fingerprint density at radius 3 is 2.35 bits per heavy atom. The van der Waals surface area contributed by atoms with Gasteiger partial charge in [0, 0.05) is 11.8 Å². The number of aromatic nitrogens is 2. The second-order valence-corrected chi connectivity index (χ2v) is 5.59. The number of carboxylic acid groups (broad SMARTS) is 1. The van der Waals surface area contributed by atoms with Crippen molar-refractivity contribution in [2.45, 2.75) is 26.8 Å². The fourth-order valence-electron chi connectivity index (χ4n) is 2.15. The van der Waals surface area contributed by atoms with E-state index < -0.39 is 17.9 Å². The van der Waals surface area contributed by atoms with E-state index in [9.17, 15) is 9.59 Å². The highest BCUT2D eigenvalue weighted by Crippen LogP contribution is 2.16. The molecule has 0 spiro atoms. The van der Waals surface area contributed by atoms with Gasteiger partial charge in [0.05, 0.1) is 11.3 Å². The van der Waals surface area contributed by atoms with Crippen LogP contribution in [0.5, 0.6) is 0 Å². The standard InChI is InChI=1S/C17H19N3O3/c1-10(2)14(17(22)23)20-16(21)13-9-18-15(19-11(13)3)12-7-5-4-6-8-12/h4-10,14H,1-3H3,(H,20,21)(H,22,23)/t14-/m1/s1. The van der Waals surface area contributed by atoms with Crippen LogP contribution >= 0.6 is 0 Å². The Bertz CT molecular complexity index is 714. The normalized spacial score (nSPS) is 12.0. The first-order valence-corrected chi connectivity index (χ1v) is 7.33. The largest absolute Gasteiger partial charge is 0.480 e. The molecule has 6 nitrogen and oxygen atoms in total. The van der Waals surface area contributed by atoms with Gasteiger partial charge in [-0.1, -0.05) is 44.2 Å². The fraction of sp³-hybridized carbons (Fsp3) is 0.294. The van der Waals surface area contributed by atoms with Gasteiger partial charge in [-0.2, -0.15) is 0 Å². The fourth-order valence-corrected chi connectivity index (χ4v) is 2.15. The van der Waals surface area contributed by atoms with E-state index in [1.165, 1.54) is 6.20 Å². The average molecular weight is 313 g/mol. The van der Waals surface area contributed by atoms with Gasteiger partial charge < -0.3 is 10.4 Å². The van der Waals surface area contributed by atoms with Crippen LogP contribution in [0, 0.1) is 12.8 Å². The van der Waals surface area contributed by atoms with Crippen molar-refractivity contribution in [2.75, 3.05) is 0 Å². The number of benzene rings is 1. The number of nitrogens with one attached hydrogen (secondary N) is 1. The molecule has 23 heavy (non-hydrogen) atoms. The number of nitrogens with zero attached hydrogens (tertiary/aromatic N) is 2. The topological polar surface area (TPSA) is 92.2 Å². The Morgan fingerprint density at radius 2 is 1.83 bits per heavy atom. The lowest BCUT2D eigenvalue weighted by atomic mass is 10.0. The highest BCUT2D eigenvalue weighted by molar-refractivity contribution is 5.97. The van der Waals surface area contributed by atoms with Crippen LogP contribution in [-0.2, 0) is 4.79 Å². The Labute approximate surface area is 134 Å². The molecule has 0 fully saturated rings. The second kappa shape index (κ2) is 7.00. The summed E-state index contributed by atoms with van der Waals surface area (Å²) in [4.78, 5) is 32.0. The van der Waals surface area contributed by atoms with Crippen LogP contribution in [0.2, 0.25) is 0 Å².